The topological polar surface area (TPSA) is 86.8 Å². The van der Waals surface area contributed by atoms with Crippen LogP contribution >= 0.6 is 0 Å². The lowest BCUT2D eigenvalue weighted by Gasteiger charge is -2.33. The van der Waals surface area contributed by atoms with Gasteiger partial charge in [-0.2, -0.15) is 4.31 Å². The average Bonchev–Trinajstić information content (AvgIpc) is 2.99. The van der Waals surface area contributed by atoms with Gasteiger partial charge in [-0.15, -0.1) is 0 Å². The second-order valence-electron chi connectivity index (χ2n) is 10.8. The van der Waals surface area contributed by atoms with E-state index >= 15 is 0 Å². The third-order valence-corrected chi connectivity index (χ3v) is 9.33. The summed E-state index contributed by atoms with van der Waals surface area (Å²) in [5.41, 5.74) is 2.83. The zero-order valence-electron chi connectivity index (χ0n) is 24.7. The number of nitrogens with one attached hydrogen (secondary N) is 1. The highest BCUT2D eigenvalue weighted by atomic mass is 32.2. The molecule has 4 aromatic carbocycles. The van der Waals surface area contributed by atoms with Gasteiger partial charge in [0.1, 0.15) is 6.04 Å². The van der Waals surface area contributed by atoms with Crippen LogP contribution in [0.2, 0.25) is 0 Å². The van der Waals surface area contributed by atoms with Gasteiger partial charge < -0.3 is 10.2 Å². The number of amides is 2. The van der Waals surface area contributed by atoms with E-state index in [2.05, 4.69) is 5.32 Å². The molecule has 220 valence electrons. The molecule has 0 fully saturated rings. The first-order valence-corrected chi connectivity index (χ1v) is 15.7. The Morgan fingerprint density at radius 2 is 1.48 bits per heavy atom. The average molecular weight is 586 g/mol. The summed E-state index contributed by atoms with van der Waals surface area (Å²) in [6, 6.07) is 28.9. The van der Waals surface area contributed by atoms with Gasteiger partial charge in [-0.1, -0.05) is 97.4 Å². The SMILES string of the molecule is CC[C@@H](C)NC(=O)[C@H](Cc1ccccc1)N(Cc1ccc(C)cc1)C(=O)CN(C)S(=O)(=O)c1ccc2ccccc2c1. The van der Waals surface area contributed by atoms with E-state index in [9.17, 15) is 18.0 Å². The van der Waals surface area contributed by atoms with Crippen molar-refractivity contribution in [2.45, 2.75) is 57.1 Å². The van der Waals surface area contributed by atoms with Crippen molar-refractivity contribution in [2.24, 2.45) is 0 Å². The highest BCUT2D eigenvalue weighted by molar-refractivity contribution is 7.89. The number of nitrogens with zero attached hydrogens (tertiary/aromatic N) is 2. The van der Waals surface area contributed by atoms with E-state index in [1.54, 1.807) is 18.2 Å². The van der Waals surface area contributed by atoms with Gasteiger partial charge in [0.25, 0.3) is 0 Å². The molecule has 0 aliphatic carbocycles. The maximum absolute atomic E-state index is 14.0. The molecule has 0 radical (unpaired) electrons. The molecule has 8 heteroatoms. The van der Waals surface area contributed by atoms with E-state index in [0.29, 0.717) is 6.42 Å². The molecule has 2 atom stereocenters. The van der Waals surface area contributed by atoms with Crippen LogP contribution in [0.15, 0.2) is 102 Å². The number of carbonyl (C=O) groups is 2. The second-order valence-corrected chi connectivity index (χ2v) is 12.8. The van der Waals surface area contributed by atoms with E-state index in [4.69, 9.17) is 0 Å². The van der Waals surface area contributed by atoms with Crippen molar-refractivity contribution in [3.8, 4) is 0 Å². The standard InChI is InChI=1S/C34H39N3O4S/c1-5-26(3)35-34(39)32(21-27-11-7-6-8-12-27)37(23-28-17-15-25(2)16-18-28)33(38)24-36(4)42(40,41)31-20-19-29-13-9-10-14-30(29)22-31/h6-20,22,26,32H,5,21,23-24H2,1-4H3,(H,35,39)/t26-,32+/m1/s1. The number of sulfonamides is 1. The fourth-order valence-electron chi connectivity index (χ4n) is 4.76. The molecule has 0 heterocycles. The molecular formula is C34H39N3O4S. The molecule has 0 unspecified atom stereocenters. The van der Waals surface area contributed by atoms with Gasteiger partial charge in [0.2, 0.25) is 21.8 Å². The maximum atomic E-state index is 14.0. The van der Waals surface area contributed by atoms with Crippen LogP contribution in [0.5, 0.6) is 0 Å². The third kappa shape index (κ3) is 7.63. The van der Waals surface area contributed by atoms with Crippen LogP contribution in [0.25, 0.3) is 10.8 Å². The number of likely N-dealkylation sites (N-methyl/N-ethyl adjacent to an activating group) is 1. The highest BCUT2D eigenvalue weighted by Crippen LogP contribution is 2.22. The van der Waals surface area contributed by atoms with Crippen LogP contribution < -0.4 is 5.32 Å². The zero-order valence-corrected chi connectivity index (χ0v) is 25.5. The molecule has 42 heavy (non-hydrogen) atoms. The summed E-state index contributed by atoms with van der Waals surface area (Å²) in [5.74, 6) is -0.726. The van der Waals surface area contributed by atoms with Gasteiger partial charge in [0.05, 0.1) is 11.4 Å². The molecule has 0 spiro atoms. The quantitative estimate of drug-likeness (QED) is 0.244. The molecule has 7 nitrogen and oxygen atoms in total. The van der Waals surface area contributed by atoms with Crippen LogP contribution in [0.3, 0.4) is 0 Å². The maximum Gasteiger partial charge on any atom is 0.243 e. The van der Waals surface area contributed by atoms with Gasteiger partial charge in [0.15, 0.2) is 0 Å². The van der Waals surface area contributed by atoms with E-state index in [1.165, 1.54) is 11.9 Å². The Morgan fingerprint density at radius 1 is 0.833 bits per heavy atom. The summed E-state index contributed by atoms with van der Waals surface area (Å²) in [5, 5.41) is 4.76. The Bertz CT molecular complexity index is 1620. The summed E-state index contributed by atoms with van der Waals surface area (Å²) in [6.07, 6.45) is 1.03. The fourth-order valence-corrected chi connectivity index (χ4v) is 5.92. The Balaban J connectivity index is 1.67. The van der Waals surface area contributed by atoms with Gasteiger partial charge in [-0.25, -0.2) is 8.42 Å². The van der Waals surface area contributed by atoms with Gasteiger partial charge >= 0.3 is 0 Å². The molecule has 4 rings (SSSR count). The number of aryl methyl sites for hydroxylation is 1. The largest absolute Gasteiger partial charge is 0.352 e. The number of rotatable bonds is 12. The lowest BCUT2D eigenvalue weighted by Crippen LogP contribution is -2.54. The molecule has 2 amide bonds. The molecule has 0 saturated heterocycles. The van der Waals surface area contributed by atoms with Crippen molar-refractivity contribution in [2.75, 3.05) is 13.6 Å². The first-order chi connectivity index (χ1) is 20.1. The monoisotopic (exact) mass is 585 g/mol. The highest BCUT2D eigenvalue weighted by Gasteiger charge is 2.33. The molecule has 0 aromatic heterocycles. The molecule has 0 aliphatic rings. The Hall–Kier alpha value is -4.01. The fraction of sp³-hybridized carbons (Fsp3) is 0.294. The smallest absolute Gasteiger partial charge is 0.243 e. The molecular weight excluding hydrogens is 546 g/mol. The Labute approximate surface area is 249 Å². The van der Waals surface area contributed by atoms with Crippen LogP contribution in [-0.2, 0) is 32.6 Å². The summed E-state index contributed by atoms with van der Waals surface area (Å²) in [7, 11) is -2.58. The molecule has 0 aliphatic heterocycles. The third-order valence-electron chi connectivity index (χ3n) is 7.53. The number of fused-ring (bicyclic) bond motifs is 1. The Kier molecular flexibility index (Phi) is 10.1. The minimum absolute atomic E-state index is 0.0805. The van der Waals surface area contributed by atoms with Crippen molar-refractivity contribution in [3.63, 3.8) is 0 Å². The molecule has 0 saturated carbocycles. The predicted molar refractivity (Wildman–Crippen MR) is 167 cm³/mol. The summed E-state index contributed by atoms with van der Waals surface area (Å²) < 4.78 is 28.2. The predicted octanol–water partition coefficient (Wildman–Crippen LogP) is 5.32. The molecule has 0 bridgehead atoms. The summed E-state index contributed by atoms with van der Waals surface area (Å²) in [4.78, 5) is 29.4. The number of hydrogen-bond donors (Lipinski definition) is 1. The zero-order chi connectivity index (χ0) is 30.3. The first kappa shape index (κ1) is 30.9. The number of carbonyl (C=O) groups excluding carboxylic acids is 2. The first-order valence-electron chi connectivity index (χ1n) is 14.2. The van der Waals surface area contributed by atoms with Gasteiger partial charge in [-0.05, 0) is 54.3 Å². The van der Waals surface area contributed by atoms with E-state index in [0.717, 1.165) is 38.2 Å². The number of hydrogen-bond acceptors (Lipinski definition) is 4. The van der Waals surface area contributed by atoms with Gasteiger partial charge in [-0.3, -0.25) is 9.59 Å². The van der Waals surface area contributed by atoms with Crippen LogP contribution in [0.1, 0.15) is 37.0 Å². The summed E-state index contributed by atoms with van der Waals surface area (Å²) in [6.45, 7) is 5.64. The van der Waals surface area contributed by atoms with E-state index in [1.807, 2.05) is 99.6 Å². The Morgan fingerprint density at radius 3 is 2.14 bits per heavy atom. The van der Waals surface area contributed by atoms with E-state index < -0.39 is 28.5 Å². The lowest BCUT2D eigenvalue weighted by atomic mass is 10.0. The van der Waals surface area contributed by atoms with Crippen molar-refractivity contribution in [1.82, 2.24) is 14.5 Å². The van der Waals surface area contributed by atoms with Gasteiger partial charge in [0, 0.05) is 26.1 Å². The van der Waals surface area contributed by atoms with Crippen molar-refractivity contribution in [3.05, 3.63) is 114 Å². The summed E-state index contributed by atoms with van der Waals surface area (Å²) >= 11 is 0. The van der Waals surface area contributed by atoms with E-state index in [-0.39, 0.29) is 23.4 Å². The van der Waals surface area contributed by atoms with Crippen LogP contribution in [0, 0.1) is 6.92 Å². The minimum atomic E-state index is -3.98. The molecule has 4 aromatic rings. The van der Waals surface area contributed by atoms with Crippen LogP contribution in [-0.4, -0.2) is 55.1 Å². The molecule has 1 N–H and O–H groups in total. The van der Waals surface area contributed by atoms with Crippen LogP contribution in [0.4, 0.5) is 0 Å². The van der Waals surface area contributed by atoms with Crippen molar-refractivity contribution in [1.29, 1.82) is 0 Å². The normalized spacial score (nSPS) is 13.1. The van der Waals surface area contributed by atoms with Crippen molar-refractivity contribution >= 4 is 32.6 Å². The second kappa shape index (κ2) is 13.8. The lowest BCUT2D eigenvalue weighted by molar-refractivity contribution is -0.141. The van der Waals surface area contributed by atoms with Crippen molar-refractivity contribution < 1.29 is 18.0 Å². The number of benzene rings is 4. The minimum Gasteiger partial charge on any atom is -0.352 e.